The molecule has 0 rings (SSSR count). The molecule has 16 heavy (non-hydrogen) atoms. The summed E-state index contributed by atoms with van der Waals surface area (Å²) in [5.41, 5.74) is 5.80. The first-order chi connectivity index (χ1) is 7.13. The molecule has 2 N–H and O–H groups in total. The average Bonchev–Trinajstić information content (AvgIpc) is 2.11. The number of nitrogens with zero attached hydrogens (tertiary/aromatic N) is 1. The molecule has 0 bridgehead atoms. The van der Waals surface area contributed by atoms with E-state index in [0.29, 0.717) is 6.54 Å². The van der Waals surface area contributed by atoms with Crippen molar-refractivity contribution in [1.29, 1.82) is 0 Å². The highest BCUT2D eigenvalue weighted by molar-refractivity contribution is 5.71. The third-order valence-electron chi connectivity index (χ3n) is 3.08. The molecule has 0 radical (unpaired) electrons. The molecule has 0 heterocycles. The first-order valence-electron chi connectivity index (χ1n) is 6.18. The van der Waals surface area contributed by atoms with Crippen molar-refractivity contribution in [2.75, 3.05) is 13.1 Å². The van der Waals surface area contributed by atoms with Crippen LogP contribution in [0.15, 0.2) is 0 Å². The molecule has 0 aliphatic carbocycles. The van der Waals surface area contributed by atoms with Crippen LogP contribution in [0.4, 0.5) is 4.79 Å². The van der Waals surface area contributed by atoms with Crippen molar-refractivity contribution in [1.82, 2.24) is 4.90 Å². The van der Waals surface area contributed by atoms with Gasteiger partial charge in [-0.3, -0.25) is 0 Å². The van der Waals surface area contributed by atoms with Crippen molar-refractivity contribution >= 4 is 6.03 Å². The number of amides is 2. The van der Waals surface area contributed by atoms with Crippen LogP contribution < -0.4 is 5.73 Å². The van der Waals surface area contributed by atoms with E-state index in [-0.39, 0.29) is 16.9 Å². The first kappa shape index (κ1) is 15.3. The third kappa shape index (κ3) is 5.38. The molecule has 0 aliphatic rings. The van der Waals surface area contributed by atoms with E-state index in [0.717, 1.165) is 19.4 Å². The molecule has 0 aliphatic heterocycles. The average molecular weight is 228 g/mol. The Morgan fingerprint density at radius 3 is 1.94 bits per heavy atom. The van der Waals surface area contributed by atoms with Crippen LogP contribution >= 0.6 is 0 Å². The van der Waals surface area contributed by atoms with Crippen molar-refractivity contribution in [3.05, 3.63) is 0 Å². The second-order valence-electron chi connectivity index (χ2n) is 6.25. The number of rotatable bonds is 5. The molecule has 3 heteroatoms. The highest BCUT2D eigenvalue weighted by Crippen LogP contribution is 2.36. The van der Waals surface area contributed by atoms with Crippen LogP contribution in [0.25, 0.3) is 0 Å². The van der Waals surface area contributed by atoms with Gasteiger partial charge in [0.25, 0.3) is 0 Å². The Bertz CT molecular complexity index is 233. The topological polar surface area (TPSA) is 46.3 Å². The summed E-state index contributed by atoms with van der Waals surface area (Å²) in [7, 11) is 0. The van der Waals surface area contributed by atoms with E-state index >= 15 is 0 Å². The van der Waals surface area contributed by atoms with E-state index < -0.39 is 0 Å². The monoisotopic (exact) mass is 228 g/mol. The van der Waals surface area contributed by atoms with Gasteiger partial charge in [0.15, 0.2) is 0 Å². The Morgan fingerprint density at radius 1 is 1.19 bits per heavy atom. The predicted octanol–water partition coefficient (Wildman–Crippen LogP) is 3.24. The quantitative estimate of drug-likeness (QED) is 0.771. The lowest BCUT2D eigenvalue weighted by Crippen LogP contribution is -2.43. The van der Waals surface area contributed by atoms with Crippen molar-refractivity contribution in [2.24, 2.45) is 16.6 Å². The van der Waals surface area contributed by atoms with Crippen LogP contribution in [0.3, 0.4) is 0 Å². The largest absolute Gasteiger partial charge is 0.351 e. The number of carbonyl (C=O) groups is 1. The number of hydrogen-bond acceptors (Lipinski definition) is 1. The van der Waals surface area contributed by atoms with Crippen LogP contribution in [-0.2, 0) is 0 Å². The Hall–Kier alpha value is -0.730. The summed E-state index contributed by atoms with van der Waals surface area (Å²) in [6, 6.07) is -0.309. The van der Waals surface area contributed by atoms with Crippen molar-refractivity contribution in [3.63, 3.8) is 0 Å². The maximum absolute atomic E-state index is 11.2. The molecular weight excluding hydrogens is 200 g/mol. The van der Waals surface area contributed by atoms with Gasteiger partial charge >= 0.3 is 6.03 Å². The lowest BCUT2D eigenvalue weighted by atomic mass is 9.73. The van der Waals surface area contributed by atoms with Gasteiger partial charge < -0.3 is 10.6 Å². The molecule has 1 atom stereocenters. The Balaban J connectivity index is 4.64. The van der Waals surface area contributed by atoms with Gasteiger partial charge in [-0.25, -0.2) is 4.79 Å². The van der Waals surface area contributed by atoms with E-state index in [1.165, 1.54) is 0 Å². The van der Waals surface area contributed by atoms with E-state index in [4.69, 9.17) is 5.73 Å². The standard InChI is InChI=1S/C13H28N2O/c1-7-13(6,9-12(3,4)5)10-15(8-2)11(14)16/h7-10H2,1-6H3,(H2,14,16). The molecule has 2 amide bonds. The van der Waals surface area contributed by atoms with Crippen LogP contribution in [0.1, 0.15) is 54.4 Å². The third-order valence-corrected chi connectivity index (χ3v) is 3.08. The van der Waals surface area contributed by atoms with Crippen LogP contribution in [-0.4, -0.2) is 24.0 Å². The van der Waals surface area contributed by atoms with Gasteiger partial charge in [0.05, 0.1) is 0 Å². The Labute approximate surface area is 100 Å². The Morgan fingerprint density at radius 2 is 1.69 bits per heavy atom. The van der Waals surface area contributed by atoms with Crippen molar-refractivity contribution in [2.45, 2.75) is 54.4 Å². The van der Waals surface area contributed by atoms with Gasteiger partial charge in [0.1, 0.15) is 0 Å². The summed E-state index contributed by atoms with van der Waals surface area (Å²) in [5.74, 6) is 0. The minimum atomic E-state index is -0.309. The summed E-state index contributed by atoms with van der Waals surface area (Å²) in [6.45, 7) is 14.6. The molecule has 0 fully saturated rings. The van der Waals surface area contributed by atoms with E-state index in [1.807, 2.05) is 6.92 Å². The van der Waals surface area contributed by atoms with Gasteiger partial charge in [0, 0.05) is 13.1 Å². The first-order valence-corrected chi connectivity index (χ1v) is 6.18. The second-order valence-corrected chi connectivity index (χ2v) is 6.25. The van der Waals surface area contributed by atoms with Crippen molar-refractivity contribution < 1.29 is 4.79 Å². The van der Waals surface area contributed by atoms with Gasteiger partial charge in [-0.2, -0.15) is 0 Å². The molecular formula is C13H28N2O. The fourth-order valence-electron chi connectivity index (χ4n) is 2.38. The molecule has 0 aromatic carbocycles. The number of nitrogens with two attached hydrogens (primary N) is 1. The maximum atomic E-state index is 11.2. The molecule has 0 aromatic heterocycles. The van der Waals surface area contributed by atoms with Crippen molar-refractivity contribution in [3.8, 4) is 0 Å². The van der Waals surface area contributed by atoms with Crippen LogP contribution in [0.2, 0.25) is 0 Å². The van der Waals surface area contributed by atoms with E-state index in [2.05, 4.69) is 34.6 Å². The van der Waals surface area contributed by atoms with Crippen LogP contribution in [0, 0.1) is 10.8 Å². The highest BCUT2D eigenvalue weighted by atomic mass is 16.2. The fraction of sp³-hybridized carbons (Fsp3) is 0.923. The molecule has 0 saturated carbocycles. The molecule has 3 nitrogen and oxygen atoms in total. The molecule has 0 spiro atoms. The molecule has 96 valence electrons. The zero-order valence-electron chi connectivity index (χ0n) is 11.8. The van der Waals surface area contributed by atoms with E-state index in [1.54, 1.807) is 4.90 Å². The summed E-state index contributed by atoms with van der Waals surface area (Å²) in [6.07, 6.45) is 2.16. The summed E-state index contributed by atoms with van der Waals surface area (Å²) >= 11 is 0. The molecule has 0 aromatic rings. The minimum Gasteiger partial charge on any atom is -0.351 e. The summed E-state index contributed by atoms with van der Waals surface area (Å²) in [4.78, 5) is 13.0. The van der Waals surface area contributed by atoms with Gasteiger partial charge in [-0.05, 0) is 30.6 Å². The summed E-state index contributed by atoms with van der Waals surface area (Å²) in [5, 5.41) is 0. The molecule has 1 unspecified atom stereocenters. The Kier molecular flexibility index (Phi) is 5.30. The number of hydrogen-bond donors (Lipinski definition) is 1. The van der Waals surface area contributed by atoms with Crippen LogP contribution in [0.5, 0.6) is 0 Å². The highest BCUT2D eigenvalue weighted by Gasteiger charge is 2.30. The lowest BCUT2D eigenvalue weighted by Gasteiger charge is -2.38. The lowest BCUT2D eigenvalue weighted by molar-refractivity contribution is 0.125. The normalized spacial score (nSPS) is 15.6. The number of carbonyl (C=O) groups excluding carboxylic acids is 1. The smallest absolute Gasteiger partial charge is 0.314 e. The SMILES string of the molecule is CCN(CC(C)(CC)CC(C)(C)C)C(N)=O. The second kappa shape index (κ2) is 5.55. The van der Waals surface area contributed by atoms with Gasteiger partial charge in [-0.15, -0.1) is 0 Å². The maximum Gasteiger partial charge on any atom is 0.314 e. The fourth-order valence-corrected chi connectivity index (χ4v) is 2.38. The number of primary amides is 1. The zero-order valence-corrected chi connectivity index (χ0v) is 11.8. The zero-order chi connectivity index (χ0) is 13.0. The summed E-state index contributed by atoms with van der Waals surface area (Å²) < 4.78 is 0. The van der Waals surface area contributed by atoms with E-state index in [9.17, 15) is 4.79 Å². The predicted molar refractivity (Wildman–Crippen MR) is 69.3 cm³/mol. The van der Waals surface area contributed by atoms with Gasteiger partial charge in [0.2, 0.25) is 0 Å². The molecule has 0 saturated heterocycles. The minimum absolute atomic E-state index is 0.156. The van der Waals surface area contributed by atoms with Gasteiger partial charge in [-0.1, -0.05) is 34.6 Å². The number of urea groups is 1.